The van der Waals surface area contributed by atoms with E-state index in [2.05, 4.69) is 22.5 Å². The molecule has 5 nitrogen and oxygen atoms in total. The van der Waals surface area contributed by atoms with Crippen LogP contribution < -0.4 is 10.6 Å². The molecular weight excluding hydrogens is 230 g/mol. The highest BCUT2D eigenvalue weighted by atomic mass is 16.5. The molecule has 2 atom stereocenters. The first-order chi connectivity index (χ1) is 8.70. The second kappa shape index (κ2) is 5.82. The van der Waals surface area contributed by atoms with Gasteiger partial charge in [0, 0.05) is 18.3 Å². The van der Waals surface area contributed by atoms with Gasteiger partial charge >= 0.3 is 5.97 Å². The number of nitrogens with one attached hydrogen (secondary N) is 2. The van der Waals surface area contributed by atoms with E-state index in [9.17, 15) is 4.79 Å². The van der Waals surface area contributed by atoms with Crippen LogP contribution in [0.15, 0.2) is 18.3 Å². The van der Waals surface area contributed by atoms with E-state index < -0.39 is 0 Å². The molecule has 1 aliphatic heterocycles. The largest absolute Gasteiger partial charge is 0.465 e. The number of anilines is 1. The third-order valence-electron chi connectivity index (χ3n) is 3.18. The summed E-state index contributed by atoms with van der Waals surface area (Å²) in [5.41, 5.74) is 0.492. The number of esters is 1. The molecule has 0 spiro atoms. The summed E-state index contributed by atoms with van der Waals surface area (Å²) in [4.78, 5) is 15.9. The van der Waals surface area contributed by atoms with Crippen molar-refractivity contribution in [1.29, 1.82) is 0 Å². The lowest BCUT2D eigenvalue weighted by Crippen LogP contribution is -2.41. The highest BCUT2D eigenvalue weighted by Crippen LogP contribution is 2.18. The van der Waals surface area contributed by atoms with Crippen molar-refractivity contribution >= 4 is 11.8 Å². The SMILES string of the molecule is COC(=O)c1cccnc1NC1CCNC(C)C1. The summed E-state index contributed by atoms with van der Waals surface area (Å²) >= 11 is 0. The Balaban J connectivity index is 2.10. The van der Waals surface area contributed by atoms with Crippen molar-refractivity contribution in [2.24, 2.45) is 0 Å². The summed E-state index contributed by atoms with van der Waals surface area (Å²) in [5.74, 6) is 0.260. The van der Waals surface area contributed by atoms with Gasteiger partial charge in [0.05, 0.1) is 7.11 Å². The molecule has 5 heteroatoms. The molecule has 2 N–H and O–H groups in total. The van der Waals surface area contributed by atoms with Gasteiger partial charge in [-0.05, 0) is 38.4 Å². The number of methoxy groups -OCH3 is 1. The van der Waals surface area contributed by atoms with Gasteiger partial charge in [0.2, 0.25) is 0 Å². The maximum absolute atomic E-state index is 11.6. The van der Waals surface area contributed by atoms with Gasteiger partial charge in [-0.25, -0.2) is 9.78 Å². The molecule has 1 aliphatic rings. The van der Waals surface area contributed by atoms with Crippen LogP contribution in [-0.4, -0.2) is 36.7 Å². The fourth-order valence-electron chi connectivity index (χ4n) is 2.25. The molecule has 1 saturated heterocycles. The fourth-order valence-corrected chi connectivity index (χ4v) is 2.25. The Bertz CT molecular complexity index is 422. The van der Waals surface area contributed by atoms with Crippen LogP contribution >= 0.6 is 0 Å². The molecule has 18 heavy (non-hydrogen) atoms. The number of carbonyl (C=O) groups excluding carboxylic acids is 1. The van der Waals surface area contributed by atoms with Crippen LogP contribution in [-0.2, 0) is 4.74 Å². The molecule has 2 unspecified atom stereocenters. The third-order valence-corrected chi connectivity index (χ3v) is 3.18. The smallest absolute Gasteiger partial charge is 0.341 e. The number of pyridine rings is 1. The zero-order chi connectivity index (χ0) is 13.0. The third kappa shape index (κ3) is 2.98. The van der Waals surface area contributed by atoms with Gasteiger partial charge < -0.3 is 15.4 Å². The summed E-state index contributed by atoms with van der Waals surface area (Å²) in [6.07, 6.45) is 3.73. The molecular formula is C13H19N3O2. The summed E-state index contributed by atoms with van der Waals surface area (Å²) in [6, 6.07) is 4.30. The van der Waals surface area contributed by atoms with Gasteiger partial charge in [0.15, 0.2) is 0 Å². The topological polar surface area (TPSA) is 63.2 Å². The van der Waals surface area contributed by atoms with Crippen LogP contribution in [0.1, 0.15) is 30.1 Å². The maximum atomic E-state index is 11.6. The first kappa shape index (κ1) is 12.8. The van der Waals surface area contributed by atoms with Crippen LogP contribution in [0.2, 0.25) is 0 Å². The van der Waals surface area contributed by atoms with Crippen molar-refractivity contribution in [3.8, 4) is 0 Å². The normalized spacial score (nSPS) is 23.4. The van der Waals surface area contributed by atoms with Crippen molar-refractivity contribution in [2.45, 2.75) is 31.8 Å². The van der Waals surface area contributed by atoms with E-state index in [1.165, 1.54) is 7.11 Å². The Labute approximate surface area is 107 Å². The quantitative estimate of drug-likeness (QED) is 0.793. The van der Waals surface area contributed by atoms with Crippen molar-refractivity contribution in [3.63, 3.8) is 0 Å². The Hall–Kier alpha value is -1.62. The van der Waals surface area contributed by atoms with Gasteiger partial charge in [0.25, 0.3) is 0 Å². The van der Waals surface area contributed by atoms with Crippen LogP contribution in [0.3, 0.4) is 0 Å². The van der Waals surface area contributed by atoms with E-state index >= 15 is 0 Å². The van der Waals surface area contributed by atoms with E-state index in [0.717, 1.165) is 19.4 Å². The van der Waals surface area contributed by atoms with Gasteiger partial charge in [-0.3, -0.25) is 0 Å². The Kier molecular flexibility index (Phi) is 4.15. The number of aromatic nitrogens is 1. The van der Waals surface area contributed by atoms with Gasteiger partial charge in [-0.15, -0.1) is 0 Å². The molecule has 1 fully saturated rings. The lowest BCUT2D eigenvalue weighted by Gasteiger charge is -2.29. The zero-order valence-electron chi connectivity index (χ0n) is 10.8. The van der Waals surface area contributed by atoms with Crippen LogP contribution in [0.4, 0.5) is 5.82 Å². The monoisotopic (exact) mass is 249 g/mol. The minimum atomic E-state index is -0.354. The second-order valence-corrected chi connectivity index (χ2v) is 4.61. The van der Waals surface area contributed by atoms with Crippen molar-refractivity contribution < 1.29 is 9.53 Å². The molecule has 0 bridgehead atoms. The highest BCUT2D eigenvalue weighted by molar-refractivity contribution is 5.94. The molecule has 98 valence electrons. The molecule has 0 radical (unpaired) electrons. The number of nitrogens with zero attached hydrogens (tertiary/aromatic N) is 1. The van der Waals surface area contributed by atoms with Crippen LogP contribution in [0.25, 0.3) is 0 Å². The van der Waals surface area contributed by atoms with Crippen molar-refractivity contribution in [1.82, 2.24) is 10.3 Å². The summed E-state index contributed by atoms with van der Waals surface area (Å²) in [6.45, 7) is 3.15. The number of ether oxygens (including phenoxy) is 1. The van der Waals surface area contributed by atoms with E-state index in [0.29, 0.717) is 23.5 Å². The summed E-state index contributed by atoms with van der Waals surface area (Å²) in [5, 5.41) is 6.74. The summed E-state index contributed by atoms with van der Waals surface area (Å²) in [7, 11) is 1.38. The average molecular weight is 249 g/mol. The average Bonchev–Trinajstić information content (AvgIpc) is 2.38. The Morgan fingerprint density at radius 3 is 3.17 bits per heavy atom. The second-order valence-electron chi connectivity index (χ2n) is 4.61. The molecule has 0 aromatic carbocycles. The van der Waals surface area contributed by atoms with Gasteiger partial charge in [-0.2, -0.15) is 0 Å². The van der Waals surface area contributed by atoms with Gasteiger partial charge in [-0.1, -0.05) is 0 Å². The van der Waals surface area contributed by atoms with E-state index in [-0.39, 0.29) is 5.97 Å². The number of hydrogen-bond donors (Lipinski definition) is 2. The van der Waals surface area contributed by atoms with Crippen molar-refractivity contribution in [2.75, 3.05) is 19.0 Å². The fraction of sp³-hybridized carbons (Fsp3) is 0.538. The lowest BCUT2D eigenvalue weighted by molar-refractivity contribution is 0.0601. The molecule has 2 rings (SSSR count). The molecule has 0 aliphatic carbocycles. The highest BCUT2D eigenvalue weighted by Gasteiger charge is 2.20. The molecule has 1 aromatic heterocycles. The van der Waals surface area contributed by atoms with E-state index in [1.807, 2.05) is 0 Å². The summed E-state index contributed by atoms with van der Waals surface area (Å²) < 4.78 is 4.76. The van der Waals surface area contributed by atoms with E-state index in [4.69, 9.17) is 4.74 Å². The maximum Gasteiger partial charge on any atom is 0.341 e. The number of hydrogen-bond acceptors (Lipinski definition) is 5. The van der Waals surface area contributed by atoms with Crippen molar-refractivity contribution in [3.05, 3.63) is 23.9 Å². The minimum absolute atomic E-state index is 0.347. The molecule has 0 amide bonds. The Morgan fingerprint density at radius 1 is 1.61 bits per heavy atom. The number of carbonyl (C=O) groups is 1. The zero-order valence-corrected chi connectivity index (χ0v) is 10.8. The van der Waals surface area contributed by atoms with Crippen LogP contribution in [0, 0.1) is 0 Å². The first-order valence-corrected chi connectivity index (χ1v) is 6.24. The van der Waals surface area contributed by atoms with Crippen LogP contribution in [0.5, 0.6) is 0 Å². The standard InChI is InChI=1S/C13H19N3O2/c1-9-8-10(5-7-14-9)16-12-11(13(17)18-2)4-3-6-15-12/h3-4,6,9-10,14H,5,7-8H2,1-2H3,(H,15,16). The predicted octanol–water partition coefficient (Wildman–Crippen LogP) is 1.42. The molecule has 2 heterocycles. The lowest BCUT2D eigenvalue weighted by atomic mass is 10.0. The van der Waals surface area contributed by atoms with Gasteiger partial charge in [0.1, 0.15) is 11.4 Å². The molecule has 0 saturated carbocycles. The number of rotatable bonds is 3. The molecule has 1 aromatic rings. The number of piperidine rings is 1. The van der Waals surface area contributed by atoms with E-state index in [1.54, 1.807) is 18.3 Å². The minimum Gasteiger partial charge on any atom is -0.465 e. The predicted molar refractivity (Wildman–Crippen MR) is 69.7 cm³/mol. The first-order valence-electron chi connectivity index (χ1n) is 6.24. The Morgan fingerprint density at radius 2 is 2.44 bits per heavy atom.